The predicted octanol–water partition coefficient (Wildman–Crippen LogP) is 3.12. The van der Waals surface area contributed by atoms with Crippen LogP contribution < -0.4 is 0 Å². The quantitative estimate of drug-likeness (QED) is 0.753. The van der Waals surface area contributed by atoms with Crippen LogP contribution in [-0.2, 0) is 4.79 Å². The van der Waals surface area contributed by atoms with Gasteiger partial charge >= 0.3 is 0 Å². The Morgan fingerprint density at radius 2 is 2.00 bits per heavy atom. The van der Waals surface area contributed by atoms with E-state index >= 15 is 0 Å². The molecule has 2 saturated carbocycles. The Bertz CT molecular complexity index is 392. The second kappa shape index (κ2) is 4.20. The number of amides is 1. The number of hydrogen-bond acceptors (Lipinski definition) is 1. The van der Waals surface area contributed by atoms with E-state index in [0.29, 0.717) is 24.2 Å². The van der Waals surface area contributed by atoms with Crippen LogP contribution in [0.4, 0.5) is 4.39 Å². The summed E-state index contributed by atoms with van der Waals surface area (Å²) in [5, 5.41) is 0. The van der Waals surface area contributed by atoms with Gasteiger partial charge in [0.15, 0.2) is 0 Å². The smallest absolute Gasteiger partial charge is 0.229 e. The standard InChI is InChI=1S/C16H26FNO/c1-9(2)12-5-11-7-18(8-13(11)10(12)3)15(19)14-6-16(14,4)17/h9-14H,5-8H2,1-4H3. The summed E-state index contributed by atoms with van der Waals surface area (Å²) >= 11 is 0. The monoisotopic (exact) mass is 267 g/mol. The molecule has 6 atom stereocenters. The van der Waals surface area contributed by atoms with E-state index < -0.39 is 5.67 Å². The normalized spacial score (nSPS) is 48.7. The van der Waals surface area contributed by atoms with Crippen LogP contribution in [0.3, 0.4) is 0 Å². The summed E-state index contributed by atoms with van der Waals surface area (Å²) in [6, 6.07) is 0. The first-order chi connectivity index (χ1) is 8.81. The zero-order valence-corrected chi connectivity index (χ0v) is 12.5. The van der Waals surface area contributed by atoms with Gasteiger partial charge in [-0.2, -0.15) is 0 Å². The predicted molar refractivity (Wildman–Crippen MR) is 73.3 cm³/mol. The first kappa shape index (κ1) is 13.4. The third-order valence-electron chi connectivity index (χ3n) is 6.05. The molecular weight excluding hydrogens is 241 g/mol. The summed E-state index contributed by atoms with van der Waals surface area (Å²) in [6.07, 6.45) is 1.69. The Morgan fingerprint density at radius 3 is 2.47 bits per heavy atom. The van der Waals surface area contributed by atoms with E-state index in [1.165, 1.54) is 6.42 Å². The molecule has 0 aromatic heterocycles. The number of carbonyl (C=O) groups is 1. The molecule has 3 fully saturated rings. The van der Waals surface area contributed by atoms with Crippen LogP contribution in [-0.4, -0.2) is 29.6 Å². The molecule has 3 heteroatoms. The van der Waals surface area contributed by atoms with Crippen molar-refractivity contribution in [2.45, 2.75) is 46.2 Å². The summed E-state index contributed by atoms with van der Waals surface area (Å²) < 4.78 is 13.7. The lowest BCUT2D eigenvalue weighted by Crippen LogP contribution is -2.34. The maximum atomic E-state index is 13.7. The van der Waals surface area contributed by atoms with Gasteiger partial charge in [0.2, 0.25) is 5.91 Å². The first-order valence-electron chi connectivity index (χ1n) is 7.79. The molecule has 2 nitrogen and oxygen atoms in total. The van der Waals surface area contributed by atoms with Crippen molar-refractivity contribution in [3.05, 3.63) is 0 Å². The van der Waals surface area contributed by atoms with Crippen LogP contribution in [0, 0.1) is 35.5 Å². The first-order valence-corrected chi connectivity index (χ1v) is 7.79. The lowest BCUT2D eigenvalue weighted by molar-refractivity contribution is -0.132. The molecule has 0 aromatic rings. The molecule has 1 aliphatic heterocycles. The van der Waals surface area contributed by atoms with E-state index in [2.05, 4.69) is 20.8 Å². The Balaban J connectivity index is 1.63. The highest BCUT2D eigenvalue weighted by atomic mass is 19.1. The molecule has 0 bridgehead atoms. The fraction of sp³-hybridized carbons (Fsp3) is 0.938. The van der Waals surface area contributed by atoms with Gasteiger partial charge in [-0.15, -0.1) is 0 Å². The number of carbonyl (C=O) groups excluding carboxylic acids is 1. The van der Waals surface area contributed by atoms with Crippen molar-refractivity contribution in [3.63, 3.8) is 0 Å². The molecule has 1 heterocycles. The van der Waals surface area contributed by atoms with Crippen molar-refractivity contribution in [3.8, 4) is 0 Å². The van der Waals surface area contributed by atoms with E-state index in [4.69, 9.17) is 0 Å². The minimum Gasteiger partial charge on any atom is -0.342 e. The van der Waals surface area contributed by atoms with Gasteiger partial charge in [0.1, 0.15) is 5.67 Å². The van der Waals surface area contributed by atoms with Gasteiger partial charge in [0.05, 0.1) is 5.92 Å². The van der Waals surface area contributed by atoms with Gasteiger partial charge < -0.3 is 4.90 Å². The van der Waals surface area contributed by atoms with Gasteiger partial charge in [-0.1, -0.05) is 20.8 Å². The molecule has 3 rings (SSSR count). The molecular formula is C16H26FNO. The summed E-state index contributed by atoms with van der Waals surface area (Å²) in [5.74, 6) is 3.30. The Hall–Kier alpha value is -0.600. The van der Waals surface area contributed by atoms with Crippen molar-refractivity contribution in [2.75, 3.05) is 13.1 Å². The van der Waals surface area contributed by atoms with Gasteiger partial charge in [0.25, 0.3) is 0 Å². The zero-order valence-electron chi connectivity index (χ0n) is 12.5. The number of nitrogens with zero attached hydrogens (tertiary/aromatic N) is 1. The number of fused-ring (bicyclic) bond motifs is 1. The fourth-order valence-corrected chi connectivity index (χ4v) is 4.59. The number of rotatable bonds is 2. The Labute approximate surface area is 115 Å². The molecule has 1 saturated heterocycles. The highest BCUT2D eigenvalue weighted by Gasteiger charge is 2.58. The number of halogens is 1. The lowest BCUT2D eigenvalue weighted by Gasteiger charge is -2.25. The molecule has 0 N–H and O–H groups in total. The third kappa shape index (κ3) is 2.09. The molecule has 0 radical (unpaired) electrons. The SMILES string of the molecule is CC(C)C1CC2CN(C(=O)C3CC3(C)F)CC2C1C. The van der Waals surface area contributed by atoms with Gasteiger partial charge in [-0.3, -0.25) is 4.79 Å². The van der Waals surface area contributed by atoms with E-state index in [-0.39, 0.29) is 11.8 Å². The zero-order chi connectivity index (χ0) is 13.9. The van der Waals surface area contributed by atoms with Crippen LogP contribution >= 0.6 is 0 Å². The highest BCUT2D eigenvalue weighted by Crippen LogP contribution is 2.51. The minimum absolute atomic E-state index is 0.0766. The van der Waals surface area contributed by atoms with Crippen LogP contribution in [0.25, 0.3) is 0 Å². The van der Waals surface area contributed by atoms with Crippen molar-refractivity contribution in [1.29, 1.82) is 0 Å². The van der Waals surface area contributed by atoms with Gasteiger partial charge in [0, 0.05) is 13.1 Å². The summed E-state index contributed by atoms with van der Waals surface area (Å²) in [5.41, 5.74) is -1.22. The molecule has 2 aliphatic carbocycles. The summed E-state index contributed by atoms with van der Waals surface area (Å²) in [7, 11) is 0. The second-order valence-corrected chi connectivity index (χ2v) is 7.70. The molecule has 0 spiro atoms. The van der Waals surface area contributed by atoms with Gasteiger partial charge in [-0.25, -0.2) is 4.39 Å². The van der Waals surface area contributed by atoms with Crippen LogP contribution in [0.15, 0.2) is 0 Å². The largest absolute Gasteiger partial charge is 0.342 e. The summed E-state index contributed by atoms with van der Waals surface area (Å²) in [4.78, 5) is 14.2. The van der Waals surface area contributed by atoms with Crippen molar-refractivity contribution >= 4 is 5.91 Å². The Kier molecular flexibility index (Phi) is 2.96. The van der Waals surface area contributed by atoms with Crippen molar-refractivity contribution in [1.82, 2.24) is 4.90 Å². The molecule has 19 heavy (non-hydrogen) atoms. The van der Waals surface area contributed by atoms with E-state index in [9.17, 15) is 9.18 Å². The van der Waals surface area contributed by atoms with E-state index in [1.807, 2.05) is 4.90 Å². The highest BCUT2D eigenvalue weighted by molar-refractivity contribution is 5.83. The molecule has 6 unspecified atom stereocenters. The Morgan fingerprint density at radius 1 is 1.37 bits per heavy atom. The van der Waals surface area contributed by atoms with Crippen LogP contribution in [0.1, 0.15) is 40.5 Å². The van der Waals surface area contributed by atoms with Crippen molar-refractivity contribution in [2.24, 2.45) is 35.5 Å². The van der Waals surface area contributed by atoms with E-state index in [1.54, 1.807) is 6.92 Å². The number of alkyl halides is 1. The van der Waals surface area contributed by atoms with E-state index in [0.717, 1.165) is 24.9 Å². The molecule has 3 aliphatic rings. The number of hydrogen-bond donors (Lipinski definition) is 0. The minimum atomic E-state index is -1.22. The average Bonchev–Trinajstić information content (AvgIpc) is 2.71. The molecule has 0 aromatic carbocycles. The summed E-state index contributed by atoms with van der Waals surface area (Å²) in [6.45, 7) is 10.3. The third-order valence-corrected chi connectivity index (χ3v) is 6.05. The topological polar surface area (TPSA) is 20.3 Å². The molecule has 1 amide bonds. The number of likely N-dealkylation sites (tertiary alicyclic amines) is 1. The average molecular weight is 267 g/mol. The second-order valence-electron chi connectivity index (χ2n) is 7.70. The van der Waals surface area contributed by atoms with Gasteiger partial charge in [-0.05, 0) is 49.4 Å². The van der Waals surface area contributed by atoms with Crippen molar-refractivity contribution < 1.29 is 9.18 Å². The maximum Gasteiger partial charge on any atom is 0.229 e. The lowest BCUT2D eigenvalue weighted by atomic mass is 9.84. The fourth-order valence-electron chi connectivity index (χ4n) is 4.59. The maximum absolute atomic E-state index is 13.7. The van der Waals surface area contributed by atoms with Crippen LogP contribution in [0.5, 0.6) is 0 Å². The molecule has 108 valence electrons. The van der Waals surface area contributed by atoms with Crippen LogP contribution in [0.2, 0.25) is 0 Å².